The van der Waals surface area contributed by atoms with Gasteiger partial charge in [-0.1, -0.05) is 12.1 Å². The van der Waals surface area contributed by atoms with E-state index >= 15 is 0 Å². The van der Waals surface area contributed by atoms with E-state index in [1.54, 1.807) is 23.5 Å². The summed E-state index contributed by atoms with van der Waals surface area (Å²) in [5, 5.41) is 13.6. The van der Waals surface area contributed by atoms with Crippen LogP contribution in [0.15, 0.2) is 35.9 Å². The first-order valence-corrected chi connectivity index (χ1v) is 12.7. The largest absolute Gasteiger partial charge is 0.308 e. The highest BCUT2D eigenvalue weighted by molar-refractivity contribution is 7.80. The van der Waals surface area contributed by atoms with Crippen molar-refractivity contribution in [1.82, 2.24) is 9.88 Å². The first-order chi connectivity index (χ1) is 16.8. The van der Waals surface area contributed by atoms with Crippen LogP contribution >= 0.6 is 23.6 Å². The average molecular weight is 501 g/mol. The number of aromatic nitrogens is 1. The van der Waals surface area contributed by atoms with E-state index in [4.69, 9.17) is 12.2 Å². The van der Waals surface area contributed by atoms with Crippen molar-refractivity contribution < 1.29 is 9.59 Å². The van der Waals surface area contributed by atoms with Gasteiger partial charge in [0.1, 0.15) is 16.6 Å². The summed E-state index contributed by atoms with van der Waals surface area (Å²) in [7, 11) is 0. The van der Waals surface area contributed by atoms with Gasteiger partial charge in [-0.05, 0) is 99.6 Å². The summed E-state index contributed by atoms with van der Waals surface area (Å²) in [4.78, 5) is 28.9. The second-order valence-electron chi connectivity index (χ2n) is 8.96. The molecule has 0 radical (unpaired) electrons. The van der Waals surface area contributed by atoms with Gasteiger partial charge in [-0.2, -0.15) is 5.26 Å². The predicted molar refractivity (Wildman–Crippen MR) is 142 cm³/mol. The fourth-order valence-electron chi connectivity index (χ4n) is 4.89. The molecular weight excluding hydrogens is 476 g/mol. The van der Waals surface area contributed by atoms with E-state index in [2.05, 4.69) is 16.0 Å². The van der Waals surface area contributed by atoms with Crippen molar-refractivity contribution in [3.8, 4) is 11.1 Å². The molecule has 3 aromatic rings. The number of rotatable bonds is 3. The second-order valence-corrected chi connectivity index (χ2v) is 10.4. The summed E-state index contributed by atoms with van der Waals surface area (Å²) < 4.78 is 2.07. The molecule has 3 heterocycles. The zero-order valence-corrected chi connectivity index (χ0v) is 21.4. The summed E-state index contributed by atoms with van der Waals surface area (Å²) in [6.45, 7) is 5.86. The third-order valence-electron chi connectivity index (χ3n) is 6.60. The number of aryl methyl sites for hydroxylation is 3. The van der Waals surface area contributed by atoms with Gasteiger partial charge in [-0.25, -0.2) is 0 Å². The van der Waals surface area contributed by atoms with E-state index in [-0.39, 0.29) is 10.7 Å². The molecule has 0 saturated carbocycles. The molecular formula is C27H24N4O2S2. The number of carbonyl (C=O) groups is 2. The zero-order chi connectivity index (χ0) is 24.9. The van der Waals surface area contributed by atoms with E-state index in [9.17, 15) is 14.9 Å². The Labute approximate surface area is 213 Å². The maximum atomic E-state index is 13.4. The van der Waals surface area contributed by atoms with Crippen molar-refractivity contribution in [3.63, 3.8) is 0 Å². The van der Waals surface area contributed by atoms with Crippen molar-refractivity contribution in [2.75, 3.05) is 4.90 Å². The number of thiophene rings is 1. The van der Waals surface area contributed by atoms with Crippen LogP contribution in [0.3, 0.4) is 0 Å². The number of hydrogen-bond acceptors (Lipinski definition) is 5. The molecule has 1 aliphatic heterocycles. The summed E-state index contributed by atoms with van der Waals surface area (Å²) >= 11 is 7.00. The molecule has 5 rings (SSSR count). The van der Waals surface area contributed by atoms with Gasteiger partial charge < -0.3 is 4.57 Å². The molecule has 2 aromatic heterocycles. The van der Waals surface area contributed by atoms with Gasteiger partial charge in [0, 0.05) is 16.3 Å². The molecule has 0 unspecified atom stereocenters. The first kappa shape index (κ1) is 23.2. The maximum absolute atomic E-state index is 13.4. The monoisotopic (exact) mass is 500 g/mol. The number of fused-ring (bicyclic) bond motifs is 1. The van der Waals surface area contributed by atoms with Crippen LogP contribution < -0.4 is 10.2 Å². The van der Waals surface area contributed by atoms with Gasteiger partial charge in [0.2, 0.25) is 0 Å². The predicted octanol–water partition coefficient (Wildman–Crippen LogP) is 5.05. The third kappa shape index (κ3) is 3.91. The summed E-state index contributed by atoms with van der Waals surface area (Å²) in [5.74, 6) is -0.975. The van der Waals surface area contributed by atoms with E-state index in [1.165, 1.54) is 15.3 Å². The first-order valence-electron chi connectivity index (χ1n) is 11.5. The molecule has 0 bridgehead atoms. The van der Waals surface area contributed by atoms with Gasteiger partial charge >= 0.3 is 0 Å². The zero-order valence-electron chi connectivity index (χ0n) is 19.8. The van der Waals surface area contributed by atoms with Crippen LogP contribution in [-0.4, -0.2) is 21.5 Å². The lowest BCUT2D eigenvalue weighted by atomic mass is 9.96. The van der Waals surface area contributed by atoms with Gasteiger partial charge in [0.05, 0.1) is 11.3 Å². The van der Waals surface area contributed by atoms with E-state index in [0.717, 1.165) is 58.8 Å². The Kier molecular flexibility index (Phi) is 5.91. The van der Waals surface area contributed by atoms with Crippen LogP contribution in [0.25, 0.3) is 11.1 Å². The highest BCUT2D eigenvalue weighted by Crippen LogP contribution is 2.38. The minimum absolute atomic E-state index is 0.0198. The highest BCUT2D eigenvalue weighted by Gasteiger charge is 2.35. The standard InChI is InChI=1S/C27H24N4O2S2/c1-15-7-6-8-19(11-15)31-25(33)21(24(32)29-27(31)34)13-18-12-16(2)30(17(18)3)26-22(14-28)20-9-4-5-10-23(20)35-26/h6-8,11-13H,4-5,9-10H2,1-3H3,(H,29,32,34)/b21-13-. The Morgan fingerprint density at radius 1 is 1.14 bits per heavy atom. The SMILES string of the molecule is Cc1cccc(N2C(=O)/C(=C\c3cc(C)n(-c4sc5c(c4C#N)CCCC5)c3C)C(=O)NC2=S)c1. The Balaban J connectivity index is 1.58. The Morgan fingerprint density at radius 3 is 2.66 bits per heavy atom. The molecule has 8 heteroatoms. The van der Waals surface area contributed by atoms with Gasteiger partial charge in [-0.3, -0.25) is 19.8 Å². The molecule has 2 aliphatic rings. The minimum Gasteiger partial charge on any atom is -0.308 e. The number of nitriles is 1. The molecule has 0 spiro atoms. The number of hydrogen-bond donors (Lipinski definition) is 1. The Morgan fingerprint density at radius 2 is 1.91 bits per heavy atom. The molecule has 1 aromatic carbocycles. The number of thiocarbonyl (C=S) groups is 1. The summed E-state index contributed by atoms with van der Waals surface area (Å²) in [6.07, 6.45) is 5.83. The van der Waals surface area contributed by atoms with Crippen LogP contribution in [-0.2, 0) is 22.4 Å². The number of carbonyl (C=O) groups excluding carboxylic acids is 2. The molecule has 35 heavy (non-hydrogen) atoms. The van der Waals surface area contributed by atoms with Crippen LogP contribution in [0.1, 0.15) is 51.4 Å². The smallest absolute Gasteiger partial charge is 0.270 e. The molecule has 1 aliphatic carbocycles. The third-order valence-corrected chi connectivity index (χ3v) is 8.16. The fourth-order valence-corrected chi connectivity index (χ4v) is 6.62. The quantitative estimate of drug-likeness (QED) is 0.310. The van der Waals surface area contributed by atoms with Crippen LogP contribution in [0.4, 0.5) is 5.69 Å². The molecule has 1 N–H and O–H groups in total. The van der Waals surface area contributed by atoms with Gasteiger partial charge in [-0.15, -0.1) is 11.3 Å². The lowest BCUT2D eigenvalue weighted by Crippen LogP contribution is -2.54. The van der Waals surface area contributed by atoms with Crippen LogP contribution in [0, 0.1) is 32.1 Å². The van der Waals surface area contributed by atoms with Crippen molar-refractivity contribution in [3.05, 3.63) is 74.4 Å². The number of anilines is 1. The van der Waals surface area contributed by atoms with E-state index in [1.807, 2.05) is 45.0 Å². The van der Waals surface area contributed by atoms with Crippen molar-refractivity contribution in [2.24, 2.45) is 0 Å². The van der Waals surface area contributed by atoms with Crippen LogP contribution in [0.5, 0.6) is 0 Å². The van der Waals surface area contributed by atoms with E-state index < -0.39 is 11.8 Å². The Hall–Kier alpha value is -3.54. The minimum atomic E-state index is -0.516. The van der Waals surface area contributed by atoms with Crippen LogP contribution in [0.2, 0.25) is 0 Å². The fraction of sp³-hybridized carbons (Fsp3) is 0.259. The molecule has 1 fully saturated rings. The number of amides is 2. The summed E-state index contributed by atoms with van der Waals surface area (Å²) in [6, 6.07) is 11.8. The molecule has 1 saturated heterocycles. The van der Waals surface area contributed by atoms with E-state index in [0.29, 0.717) is 5.69 Å². The highest BCUT2D eigenvalue weighted by atomic mass is 32.1. The number of benzene rings is 1. The lowest BCUT2D eigenvalue weighted by Gasteiger charge is -2.29. The molecule has 176 valence electrons. The van der Waals surface area contributed by atoms with Crippen molar-refractivity contribution >= 4 is 52.2 Å². The number of nitrogens with zero attached hydrogens (tertiary/aromatic N) is 3. The summed E-state index contributed by atoms with van der Waals surface area (Å²) in [5.41, 5.74) is 6.11. The normalized spacial score (nSPS) is 16.9. The molecule has 0 atom stereocenters. The molecule has 6 nitrogen and oxygen atoms in total. The topological polar surface area (TPSA) is 78.1 Å². The van der Waals surface area contributed by atoms with Gasteiger partial charge in [0.25, 0.3) is 11.8 Å². The lowest BCUT2D eigenvalue weighted by molar-refractivity contribution is -0.122. The second kappa shape index (κ2) is 8.91. The molecule has 2 amide bonds. The maximum Gasteiger partial charge on any atom is 0.270 e. The van der Waals surface area contributed by atoms with Crippen molar-refractivity contribution in [1.29, 1.82) is 5.26 Å². The van der Waals surface area contributed by atoms with Gasteiger partial charge in [0.15, 0.2) is 5.11 Å². The number of nitrogens with one attached hydrogen (secondary N) is 1. The Bertz CT molecular complexity index is 1490. The average Bonchev–Trinajstić information content (AvgIpc) is 3.32. The van der Waals surface area contributed by atoms with Crippen molar-refractivity contribution in [2.45, 2.75) is 46.5 Å².